The van der Waals surface area contributed by atoms with Gasteiger partial charge < -0.3 is 0 Å². The third-order valence-corrected chi connectivity index (χ3v) is 3.55. The summed E-state index contributed by atoms with van der Waals surface area (Å²) in [6, 6.07) is 0. The fourth-order valence-electron chi connectivity index (χ4n) is 2.66. The summed E-state index contributed by atoms with van der Waals surface area (Å²) in [6.45, 7) is 11.2. The molecule has 82 valence electrons. The van der Waals surface area contributed by atoms with Crippen LogP contribution in [0.5, 0.6) is 0 Å². The van der Waals surface area contributed by atoms with Crippen LogP contribution in [0.15, 0.2) is 12.2 Å². The second kappa shape index (κ2) is 5.58. The van der Waals surface area contributed by atoms with Crippen LogP contribution in [0.25, 0.3) is 0 Å². The molecular formula is C14H26. The zero-order valence-corrected chi connectivity index (χ0v) is 10.2. The molecule has 0 aliphatic heterocycles. The van der Waals surface area contributed by atoms with Crippen molar-refractivity contribution in [3.63, 3.8) is 0 Å². The van der Waals surface area contributed by atoms with E-state index in [4.69, 9.17) is 0 Å². The molecule has 0 bridgehead atoms. The Morgan fingerprint density at radius 3 is 2.29 bits per heavy atom. The molecule has 1 fully saturated rings. The van der Waals surface area contributed by atoms with Gasteiger partial charge in [-0.2, -0.15) is 0 Å². The van der Waals surface area contributed by atoms with E-state index in [9.17, 15) is 0 Å². The summed E-state index contributed by atoms with van der Waals surface area (Å²) in [4.78, 5) is 0. The van der Waals surface area contributed by atoms with Crippen molar-refractivity contribution in [1.82, 2.24) is 0 Å². The molecule has 0 aromatic heterocycles. The van der Waals surface area contributed by atoms with E-state index < -0.39 is 0 Å². The second-order valence-corrected chi connectivity index (χ2v) is 5.54. The Morgan fingerprint density at radius 2 is 1.79 bits per heavy atom. The molecule has 1 aliphatic carbocycles. The minimum absolute atomic E-state index is 0.732. The van der Waals surface area contributed by atoms with Gasteiger partial charge in [0.05, 0.1) is 0 Å². The summed E-state index contributed by atoms with van der Waals surface area (Å²) in [5.41, 5.74) is 1.51. The van der Waals surface area contributed by atoms with Gasteiger partial charge in [0, 0.05) is 0 Å². The van der Waals surface area contributed by atoms with Crippen molar-refractivity contribution < 1.29 is 0 Å². The normalized spacial score (nSPS) is 20.3. The lowest BCUT2D eigenvalue weighted by molar-refractivity contribution is 0.445. The van der Waals surface area contributed by atoms with Crippen molar-refractivity contribution in [3.05, 3.63) is 12.2 Å². The molecule has 14 heavy (non-hydrogen) atoms. The highest BCUT2D eigenvalue weighted by atomic mass is 14.2. The van der Waals surface area contributed by atoms with Crippen LogP contribution < -0.4 is 0 Å². The zero-order valence-electron chi connectivity index (χ0n) is 10.2. The number of hydrogen-bond acceptors (Lipinski definition) is 0. The van der Waals surface area contributed by atoms with E-state index in [1.165, 1.54) is 44.1 Å². The average molecular weight is 194 g/mol. The molecule has 0 saturated heterocycles. The van der Waals surface area contributed by atoms with Gasteiger partial charge in [-0.25, -0.2) is 0 Å². The van der Waals surface area contributed by atoms with Gasteiger partial charge >= 0.3 is 0 Å². The molecule has 1 saturated carbocycles. The predicted octanol–water partition coefficient (Wildman–Crippen LogP) is 4.81. The van der Waals surface area contributed by atoms with Gasteiger partial charge in [0.15, 0.2) is 0 Å². The molecule has 0 heterocycles. The lowest BCUT2D eigenvalue weighted by Gasteiger charge is -2.19. The molecule has 0 radical (unpaired) electrons. The van der Waals surface area contributed by atoms with E-state index in [0.717, 1.165) is 17.8 Å². The molecular weight excluding hydrogens is 168 g/mol. The third kappa shape index (κ3) is 3.86. The van der Waals surface area contributed by atoms with E-state index in [2.05, 4.69) is 27.4 Å². The van der Waals surface area contributed by atoms with Gasteiger partial charge in [-0.15, -0.1) is 0 Å². The number of allylic oxidation sites excluding steroid dienone is 1. The van der Waals surface area contributed by atoms with E-state index in [1.54, 1.807) is 0 Å². The molecule has 0 aromatic rings. The van der Waals surface area contributed by atoms with Crippen LogP contribution in [0.3, 0.4) is 0 Å². The first-order chi connectivity index (χ1) is 6.59. The molecule has 0 aromatic carbocycles. The summed E-state index contributed by atoms with van der Waals surface area (Å²) < 4.78 is 0. The summed E-state index contributed by atoms with van der Waals surface area (Å²) in [5.74, 6) is 2.51. The largest absolute Gasteiger partial charge is 0.0996 e. The maximum Gasteiger partial charge on any atom is -0.0232 e. The van der Waals surface area contributed by atoms with Gasteiger partial charge in [0.2, 0.25) is 0 Å². The van der Waals surface area contributed by atoms with Gasteiger partial charge in [-0.3, -0.25) is 0 Å². The summed E-state index contributed by atoms with van der Waals surface area (Å²) in [5, 5.41) is 0. The quantitative estimate of drug-likeness (QED) is 0.551. The van der Waals surface area contributed by atoms with Gasteiger partial charge in [-0.1, -0.05) is 58.6 Å². The van der Waals surface area contributed by atoms with Crippen LogP contribution in [-0.2, 0) is 0 Å². The molecule has 0 nitrogen and oxygen atoms in total. The van der Waals surface area contributed by atoms with Crippen LogP contribution in [0.4, 0.5) is 0 Å². The average Bonchev–Trinajstić information content (AvgIpc) is 2.55. The standard InChI is InChI=1S/C14H26/c1-11(2)9-12(3)13(4)10-14-7-5-6-8-14/h11-12,14H,4-10H2,1-3H3/t12-/m0/s1. The minimum Gasteiger partial charge on any atom is -0.0996 e. The highest BCUT2D eigenvalue weighted by Gasteiger charge is 2.18. The Labute approximate surface area is 89.8 Å². The minimum atomic E-state index is 0.732. The first-order valence-electron chi connectivity index (χ1n) is 6.27. The highest BCUT2D eigenvalue weighted by molar-refractivity contribution is 5.01. The molecule has 0 spiro atoms. The third-order valence-electron chi connectivity index (χ3n) is 3.55. The number of hydrogen-bond donors (Lipinski definition) is 0. The highest BCUT2D eigenvalue weighted by Crippen LogP contribution is 2.33. The summed E-state index contributed by atoms with van der Waals surface area (Å²) >= 11 is 0. The Kier molecular flexibility index (Phi) is 4.71. The monoisotopic (exact) mass is 194 g/mol. The lowest BCUT2D eigenvalue weighted by Crippen LogP contribution is -2.06. The van der Waals surface area contributed by atoms with E-state index >= 15 is 0 Å². The van der Waals surface area contributed by atoms with Crippen molar-refractivity contribution in [3.8, 4) is 0 Å². The topological polar surface area (TPSA) is 0 Å². The van der Waals surface area contributed by atoms with Gasteiger partial charge in [-0.05, 0) is 30.6 Å². The van der Waals surface area contributed by atoms with Crippen LogP contribution in [0.2, 0.25) is 0 Å². The lowest BCUT2D eigenvalue weighted by atomic mass is 9.87. The molecule has 0 N–H and O–H groups in total. The molecule has 0 unspecified atom stereocenters. The van der Waals surface area contributed by atoms with Crippen molar-refractivity contribution in [2.24, 2.45) is 17.8 Å². The molecule has 0 amide bonds. The molecule has 1 aliphatic rings. The van der Waals surface area contributed by atoms with Crippen molar-refractivity contribution in [1.29, 1.82) is 0 Å². The van der Waals surface area contributed by atoms with Crippen LogP contribution in [-0.4, -0.2) is 0 Å². The Bertz CT molecular complexity index is 172. The second-order valence-electron chi connectivity index (χ2n) is 5.54. The Balaban J connectivity index is 2.25. The summed E-state index contributed by atoms with van der Waals surface area (Å²) in [6.07, 6.45) is 8.42. The smallest absolute Gasteiger partial charge is 0.0232 e. The van der Waals surface area contributed by atoms with Crippen LogP contribution in [0, 0.1) is 17.8 Å². The van der Waals surface area contributed by atoms with Crippen molar-refractivity contribution in [2.45, 2.75) is 59.3 Å². The first kappa shape index (κ1) is 11.8. The molecule has 1 atom stereocenters. The zero-order chi connectivity index (χ0) is 10.6. The van der Waals surface area contributed by atoms with Crippen LogP contribution in [0.1, 0.15) is 59.3 Å². The van der Waals surface area contributed by atoms with Crippen molar-refractivity contribution >= 4 is 0 Å². The fourth-order valence-corrected chi connectivity index (χ4v) is 2.66. The fraction of sp³-hybridized carbons (Fsp3) is 0.857. The van der Waals surface area contributed by atoms with Crippen LogP contribution >= 0.6 is 0 Å². The maximum atomic E-state index is 4.27. The van der Waals surface area contributed by atoms with E-state index in [1.807, 2.05) is 0 Å². The Morgan fingerprint density at radius 1 is 1.21 bits per heavy atom. The van der Waals surface area contributed by atoms with Gasteiger partial charge in [0.25, 0.3) is 0 Å². The predicted molar refractivity (Wildman–Crippen MR) is 64.3 cm³/mol. The van der Waals surface area contributed by atoms with E-state index in [0.29, 0.717) is 0 Å². The summed E-state index contributed by atoms with van der Waals surface area (Å²) in [7, 11) is 0. The SMILES string of the molecule is C=C(CC1CCCC1)[C@@H](C)CC(C)C. The first-order valence-corrected chi connectivity index (χ1v) is 6.27. The van der Waals surface area contributed by atoms with E-state index in [-0.39, 0.29) is 0 Å². The number of rotatable bonds is 5. The molecule has 0 heteroatoms. The Hall–Kier alpha value is -0.260. The van der Waals surface area contributed by atoms with Crippen molar-refractivity contribution in [2.75, 3.05) is 0 Å². The van der Waals surface area contributed by atoms with Gasteiger partial charge in [0.1, 0.15) is 0 Å². The maximum absolute atomic E-state index is 4.27. The molecule has 1 rings (SSSR count).